The van der Waals surface area contributed by atoms with Crippen molar-refractivity contribution in [3.8, 4) is 0 Å². The standard InChI is InChI=1S/C12H16N2O2/c1-13-12(16)7-8-14(2)11-5-3-10(9-15)4-6-11/h3-6,9H,7-8H2,1-2H3,(H,13,16). The number of anilines is 1. The lowest BCUT2D eigenvalue weighted by Gasteiger charge is -2.18. The maximum absolute atomic E-state index is 11.1. The summed E-state index contributed by atoms with van der Waals surface area (Å²) in [6.07, 6.45) is 1.27. The van der Waals surface area contributed by atoms with E-state index >= 15 is 0 Å². The van der Waals surface area contributed by atoms with Crippen LogP contribution in [0.25, 0.3) is 0 Å². The fraction of sp³-hybridized carbons (Fsp3) is 0.333. The van der Waals surface area contributed by atoms with Crippen LogP contribution >= 0.6 is 0 Å². The predicted octanol–water partition coefficient (Wildman–Crippen LogP) is 1.07. The Morgan fingerprint density at radius 3 is 2.50 bits per heavy atom. The minimum Gasteiger partial charge on any atom is -0.374 e. The van der Waals surface area contributed by atoms with Gasteiger partial charge >= 0.3 is 0 Å². The molecule has 0 saturated carbocycles. The Morgan fingerprint density at radius 1 is 1.38 bits per heavy atom. The van der Waals surface area contributed by atoms with E-state index < -0.39 is 0 Å². The maximum Gasteiger partial charge on any atom is 0.221 e. The van der Waals surface area contributed by atoms with Gasteiger partial charge in [0.15, 0.2) is 0 Å². The van der Waals surface area contributed by atoms with Crippen molar-refractivity contribution in [2.45, 2.75) is 6.42 Å². The van der Waals surface area contributed by atoms with E-state index in [1.54, 1.807) is 19.2 Å². The van der Waals surface area contributed by atoms with Crippen LogP contribution in [0, 0.1) is 0 Å². The lowest BCUT2D eigenvalue weighted by molar-refractivity contribution is -0.120. The average Bonchev–Trinajstić information content (AvgIpc) is 2.35. The van der Waals surface area contributed by atoms with Crippen LogP contribution in [0.1, 0.15) is 16.8 Å². The van der Waals surface area contributed by atoms with Gasteiger partial charge in [-0.15, -0.1) is 0 Å². The molecule has 0 unspecified atom stereocenters. The van der Waals surface area contributed by atoms with Crippen molar-refractivity contribution in [2.24, 2.45) is 0 Å². The fourth-order valence-electron chi connectivity index (χ4n) is 1.33. The van der Waals surface area contributed by atoms with E-state index in [4.69, 9.17) is 0 Å². The summed E-state index contributed by atoms with van der Waals surface area (Å²) in [5.74, 6) is 0.0244. The first-order valence-corrected chi connectivity index (χ1v) is 5.14. The summed E-state index contributed by atoms with van der Waals surface area (Å²) < 4.78 is 0. The van der Waals surface area contributed by atoms with Gasteiger partial charge in [0.1, 0.15) is 6.29 Å². The molecular formula is C12H16N2O2. The van der Waals surface area contributed by atoms with Crippen molar-refractivity contribution in [2.75, 3.05) is 25.5 Å². The molecule has 4 nitrogen and oxygen atoms in total. The van der Waals surface area contributed by atoms with Gasteiger partial charge in [0.2, 0.25) is 5.91 Å². The third-order valence-corrected chi connectivity index (χ3v) is 2.42. The SMILES string of the molecule is CNC(=O)CCN(C)c1ccc(C=O)cc1. The van der Waals surface area contributed by atoms with Crippen LogP contribution in [0.5, 0.6) is 0 Å². The Bertz CT molecular complexity index is 360. The number of carbonyl (C=O) groups excluding carboxylic acids is 2. The fourth-order valence-corrected chi connectivity index (χ4v) is 1.33. The molecule has 0 aliphatic carbocycles. The van der Waals surface area contributed by atoms with Crippen LogP contribution in [-0.2, 0) is 4.79 Å². The molecule has 0 spiro atoms. The summed E-state index contributed by atoms with van der Waals surface area (Å²) in [7, 11) is 3.54. The van der Waals surface area contributed by atoms with Gasteiger partial charge in [-0.25, -0.2) is 0 Å². The van der Waals surface area contributed by atoms with Crippen LogP contribution in [0.3, 0.4) is 0 Å². The predicted molar refractivity (Wildman–Crippen MR) is 63.8 cm³/mol. The summed E-state index contributed by atoms with van der Waals surface area (Å²) in [5, 5.41) is 2.58. The molecule has 1 N–H and O–H groups in total. The summed E-state index contributed by atoms with van der Waals surface area (Å²) in [4.78, 5) is 23.5. The maximum atomic E-state index is 11.1. The van der Waals surface area contributed by atoms with Crippen LogP contribution in [0.2, 0.25) is 0 Å². The van der Waals surface area contributed by atoms with Crippen molar-refractivity contribution < 1.29 is 9.59 Å². The molecule has 0 aliphatic rings. The van der Waals surface area contributed by atoms with E-state index in [0.29, 0.717) is 18.5 Å². The Balaban J connectivity index is 2.55. The molecule has 4 heteroatoms. The van der Waals surface area contributed by atoms with Crippen LogP contribution in [0.15, 0.2) is 24.3 Å². The van der Waals surface area contributed by atoms with Gasteiger partial charge in [0, 0.05) is 38.3 Å². The number of nitrogens with one attached hydrogen (secondary N) is 1. The van der Waals surface area contributed by atoms with Crippen LogP contribution in [-0.4, -0.2) is 32.8 Å². The third-order valence-electron chi connectivity index (χ3n) is 2.42. The Kier molecular flexibility index (Phi) is 4.51. The highest BCUT2D eigenvalue weighted by Gasteiger charge is 2.03. The van der Waals surface area contributed by atoms with E-state index in [1.165, 1.54) is 0 Å². The van der Waals surface area contributed by atoms with E-state index in [9.17, 15) is 9.59 Å². The van der Waals surface area contributed by atoms with E-state index in [-0.39, 0.29) is 5.91 Å². The first-order valence-electron chi connectivity index (χ1n) is 5.14. The first kappa shape index (κ1) is 12.2. The molecule has 0 bridgehead atoms. The smallest absolute Gasteiger partial charge is 0.221 e. The van der Waals surface area contributed by atoms with Crippen LogP contribution in [0.4, 0.5) is 5.69 Å². The largest absolute Gasteiger partial charge is 0.374 e. The molecule has 86 valence electrons. The highest BCUT2D eigenvalue weighted by atomic mass is 16.1. The van der Waals surface area contributed by atoms with Gasteiger partial charge in [0.25, 0.3) is 0 Å². The quantitative estimate of drug-likeness (QED) is 0.755. The van der Waals surface area contributed by atoms with Crippen molar-refractivity contribution in [3.05, 3.63) is 29.8 Å². The Hall–Kier alpha value is -1.84. The molecule has 0 radical (unpaired) electrons. The van der Waals surface area contributed by atoms with Crippen molar-refractivity contribution in [1.29, 1.82) is 0 Å². The number of hydrogen-bond donors (Lipinski definition) is 1. The van der Waals surface area contributed by atoms with Gasteiger partial charge < -0.3 is 10.2 Å². The first-order chi connectivity index (χ1) is 7.67. The molecule has 1 aromatic carbocycles. The zero-order chi connectivity index (χ0) is 12.0. The van der Waals surface area contributed by atoms with E-state index in [2.05, 4.69) is 5.32 Å². The number of benzene rings is 1. The molecule has 0 heterocycles. The molecule has 0 aromatic heterocycles. The summed E-state index contributed by atoms with van der Waals surface area (Å²) in [6, 6.07) is 7.26. The second-order valence-corrected chi connectivity index (χ2v) is 3.55. The molecule has 0 fully saturated rings. The van der Waals surface area contributed by atoms with Crippen molar-refractivity contribution in [1.82, 2.24) is 5.32 Å². The van der Waals surface area contributed by atoms with Gasteiger partial charge in [-0.05, 0) is 24.3 Å². The van der Waals surface area contributed by atoms with Crippen molar-refractivity contribution >= 4 is 17.9 Å². The molecule has 1 aromatic rings. The topological polar surface area (TPSA) is 49.4 Å². The second kappa shape index (κ2) is 5.90. The number of rotatable bonds is 5. The number of hydrogen-bond acceptors (Lipinski definition) is 3. The Labute approximate surface area is 95.3 Å². The number of aldehydes is 1. The van der Waals surface area contributed by atoms with Gasteiger partial charge in [0.05, 0.1) is 0 Å². The van der Waals surface area contributed by atoms with Crippen molar-refractivity contribution in [3.63, 3.8) is 0 Å². The average molecular weight is 220 g/mol. The molecule has 1 amide bonds. The van der Waals surface area contributed by atoms with E-state index in [1.807, 2.05) is 24.1 Å². The summed E-state index contributed by atoms with van der Waals surface area (Å²) >= 11 is 0. The minimum absolute atomic E-state index is 0.0244. The zero-order valence-corrected chi connectivity index (χ0v) is 9.56. The lowest BCUT2D eigenvalue weighted by Crippen LogP contribution is -2.26. The number of amides is 1. The van der Waals surface area contributed by atoms with Gasteiger partial charge in [-0.3, -0.25) is 9.59 Å². The molecular weight excluding hydrogens is 204 g/mol. The monoisotopic (exact) mass is 220 g/mol. The number of carbonyl (C=O) groups is 2. The summed E-state index contributed by atoms with van der Waals surface area (Å²) in [5.41, 5.74) is 1.65. The normalized spacial score (nSPS) is 9.62. The molecule has 0 atom stereocenters. The van der Waals surface area contributed by atoms with E-state index in [0.717, 1.165) is 12.0 Å². The second-order valence-electron chi connectivity index (χ2n) is 3.55. The summed E-state index contributed by atoms with van der Waals surface area (Å²) in [6.45, 7) is 0.653. The minimum atomic E-state index is 0.0244. The molecule has 0 saturated heterocycles. The number of nitrogens with zero attached hydrogens (tertiary/aromatic N) is 1. The molecule has 1 rings (SSSR count). The zero-order valence-electron chi connectivity index (χ0n) is 9.56. The van der Waals surface area contributed by atoms with Crippen LogP contribution < -0.4 is 10.2 Å². The Morgan fingerprint density at radius 2 is 2.00 bits per heavy atom. The highest BCUT2D eigenvalue weighted by molar-refractivity contribution is 5.77. The lowest BCUT2D eigenvalue weighted by atomic mass is 10.2. The van der Waals surface area contributed by atoms with Gasteiger partial charge in [-0.1, -0.05) is 0 Å². The molecule has 0 aliphatic heterocycles. The third kappa shape index (κ3) is 3.38. The molecule has 16 heavy (non-hydrogen) atoms. The highest BCUT2D eigenvalue weighted by Crippen LogP contribution is 2.12. The van der Waals surface area contributed by atoms with Gasteiger partial charge in [-0.2, -0.15) is 0 Å².